The summed E-state index contributed by atoms with van der Waals surface area (Å²) in [4.78, 5) is 26.2. The Morgan fingerprint density at radius 1 is 1.31 bits per heavy atom. The van der Waals surface area contributed by atoms with Crippen LogP contribution in [0, 0.1) is 0 Å². The van der Waals surface area contributed by atoms with Gasteiger partial charge in [-0.25, -0.2) is 0 Å². The van der Waals surface area contributed by atoms with Crippen LogP contribution in [-0.4, -0.2) is 33.3 Å². The summed E-state index contributed by atoms with van der Waals surface area (Å²) in [5.74, 6) is -0.609. The standard InChI is InChI=1S/C18H19F3N4O2S2/c1-3-14(26)25(11-8-9-11)16-23-24-17(29-16)28-10(2)15(27)22-13-7-5-4-6-12(13)18(19,20)21/h4-7,10-11H,3,8-9H2,1-2H3,(H,22,27)/t10-/m0/s1. The lowest BCUT2D eigenvalue weighted by Gasteiger charge is -2.17. The Bertz CT molecular complexity index is 899. The van der Waals surface area contributed by atoms with Crippen molar-refractivity contribution in [2.75, 3.05) is 10.2 Å². The van der Waals surface area contributed by atoms with Crippen LogP contribution in [0.5, 0.6) is 0 Å². The number of carbonyl (C=O) groups is 2. The fourth-order valence-electron chi connectivity index (χ4n) is 2.60. The molecule has 2 aromatic rings. The van der Waals surface area contributed by atoms with E-state index in [0.29, 0.717) is 15.9 Å². The van der Waals surface area contributed by atoms with E-state index < -0.39 is 22.9 Å². The molecule has 1 aromatic carbocycles. The Hall–Kier alpha value is -2.14. The Morgan fingerprint density at radius 2 is 2.00 bits per heavy atom. The van der Waals surface area contributed by atoms with Gasteiger partial charge in [0, 0.05) is 12.5 Å². The predicted molar refractivity (Wildman–Crippen MR) is 106 cm³/mol. The summed E-state index contributed by atoms with van der Waals surface area (Å²) in [5, 5.41) is 10.2. The largest absolute Gasteiger partial charge is 0.418 e. The third kappa shape index (κ3) is 5.27. The van der Waals surface area contributed by atoms with Gasteiger partial charge in [-0.15, -0.1) is 10.2 Å². The second-order valence-electron chi connectivity index (χ2n) is 6.49. The second kappa shape index (κ2) is 8.70. The second-order valence-corrected chi connectivity index (χ2v) is 9.04. The number of carbonyl (C=O) groups excluding carboxylic acids is 2. The van der Waals surface area contributed by atoms with Crippen molar-refractivity contribution in [2.24, 2.45) is 0 Å². The molecule has 2 amide bonds. The van der Waals surface area contributed by atoms with Gasteiger partial charge < -0.3 is 5.32 Å². The van der Waals surface area contributed by atoms with Gasteiger partial charge in [0.2, 0.25) is 16.9 Å². The molecular formula is C18H19F3N4O2S2. The topological polar surface area (TPSA) is 75.2 Å². The van der Waals surface area contributed by atoms with Crippen LogP contribution in [0.4, 0.5) is 24.0 Å². The van der Waals surface area contributed by atoms with Crippen molar-refractivity contribution in [3.05, 3.63) is 29.8 Å². The van der Waals surface area contributed by atoms with Crippen LogP contribution in [0.2, 0.25) is 0 Å². The van der Waals surface area contributed by atoms with Gasteiger partial charge in [0.05, 0.1) is 16.5 Å². The number of thioether (sulfide) groups is 1. The first kappa shape index (κ1) is 21.6. The first-order chi connectivity index (χ1) is 13.7. The normalized spacial score (nSPS) is 15.1. The molecule has 1 atom stereocenters. The van der Waals surface area contributed by atoms with E-state index in [0.717, 1.165) is 30.7 Å². The molecule has 1 saturated carbocycles. The lowest BCUT2D eigenvalue weighted by Crippen LogP contribution is -2.32. The molecular weight excluding hydrogens is 425 g/mol. The van der Waals surface area contributed by atoms with Gasteiger partial charge in [-0.05, 0) is 31.9 Å². The minimum Gasteiger partial charge on any atom is -0.325 e. The highest BCUT2D eigenvalue weighted by Crippen LogP contribution is 2.38. The van der Waals surface area contributed by atoms with E-state index in [-0.39, 0.29) is 17.6 Å². The Balaban J connectivity index is 1.67. The Labute approximate surface area is 173 Å². The van der Waals surface area contributed by atoms with Crippen molar-refractivity contribution in [2.45, 2.75) is 54.9 Å². The maximum absolute atomic E-state index is 13.1. The monoisotopic (exact) mass is 444 g/mol. The first-order valence-electron chi connectivity index (χ1n) is 9.00. The van der Waals surface area contributed by atoms with E-state index >= 15 is 0 Å². The van der Waals surface area contributed by atoms with E-state index in [1.807, 2.05) is 0 Å². The number of halogens is 3. The molecule has 29 heavy (non-hydrogen) atoms. The minimum absolute atomic E-state index is 0.0326. The summed E-state index contributed by atoms with van der Waals surface area (Å²) in [6, 6.07) is 4.97. The molecule has 11 heteroatoms. The third-order valence-corrected chi connectivity index (χ3v) is 6.33. The van der Waals surface area contributed by atoms with Crippen LogP contribution < -0.4 is 10.2 Å². The molecule has 0 radical (unpaired) electrons. The van der Waals surface area contributed by atoms with Gasteiger partial charge in [0.1, 0.15) is 0 Å². The van der Waals surface area contributed by atoms with E-state index in [1.165, 1.54) is 29.5 Å². The predicted octanol–water partition coefficient (Wildman–Crippen LogP) is 4.58. The Morgan fingerprint density at radius 3 is 2.62 bits per heavy atom. The van der Waals surface area contributed by atoms with Gasteiger partial charge in [-0.1, -0.05) is 42.2 Å². The fraction of sp³-hybridized carbons (Fsp3) is 0.444. The highest BCUT2D eigenvalue weighted by Gasteiger charge is 2.36. The molecule has 0 spiro atoms. The van der Waals surface area contributed by atoms with E-state index in [4.69, 9.17) is 0 Å². The number of aromatic nitrogens is 2. The maximum Gasteiger partial charge on any atom is 0.418 e. The van der Waals surface area contributed by atoms with E-state index in [9.17, 15) is 22.8 Å². The summed E-state index contributed by atoms with van der Waals surface area (Å²) in [5.41, 5.74) is -1.19. The molecule has 3 rings (SSSR count). The summed E-state index contributed by atoms with van der Waals surface area (Å²) in [6.07, 6.45) is -2.36. The van der Waals surface area contributed by atoms with Crippen molar-refractivity contribution in [3.8, 4) is 0 Å². The number of rotatable bonds is 7. The number of anilines is 2. The molecule has 1 aliphatic rings. The van der Waals surface area contributed by atoms with Crippen LogP contribution in [0.15, 0.2) is 28.6 Å². The molecule has 0 aliphatic heterocycles. The average Bonchev–Trinajstić information content (AvgIpc) is 3.40. The first-order valence-corrected chi connectivity index (χ1v) is 10.7. The van der Waals surface area contributed by atoms with Crippen molar-refractivity contribution in [3.63, 3.8) is 0 Å². The highest BCUT2D eigenvalue weighted by atomic mass is 32.2. The van der Waals surface area contributed by atoms with Crippen LogP contribution >= 0.6 is 23.1 Å². The van der Waals surface area contributed by atoms with Crippen LogP contribution in [-0.2, 0) is 15.8 Å². The number of para-hydroxylation sites is 1. The van der Waals surface area contributed by atoms with Crippen LogP contribution in [0.25, 0.3) is 0 Å². The Kier molecular flexibility index (Phi) is 6.47. The maximum atomic E-state index is 13.1. The number of hydrogen-bond acceptors (Lipinski definition) is 6. The van der Waals surface area contributed by atoms with Crippen molar-refractivity contribution >= 4 is 45.7 Å². The van der Waals surface area contributed by atoms with Crippen molar-refractivity contribution < 1.29 is 22.8 Å². The van der Waals surface area contributed by atoms with Gasteiger partial charge in [-0.2, -0.15) is 13.2 Å². The van der Waals surface area contributed by atoms with Gasteiger partial charge in [0.25, 0.3) is 0 Å². The molecule has 1 fully saturated rings. The zero-order valence-corrected chi connectivity index (χ0v) is 17.3. The summed E-state index contributed by atoms with van der Waals surface area (Å²) >= 11 is 2.29. The third-order valence-electron chi connectivity index (χ3n) is 4.22. The van der Waals surface area contributed by atoms with Gasteiger partial charge in [-0.3, -0.25) is 14.5 Å². The van der Waals surface area contributed by atoms with E-state index in [2.05, 4.69) is 15.5 Å². The summed E-state index contributed by atoms with van der Waals surface area (Å²) in [7, 11) is 0. The van der Waals surface area contributed by atoms with Crippen LogP contribution in [0.1, 0.15) is 38.7 Å². The lowest BCUT2D eigenvalue weighted by molar-refractivity contribution is -0.137. The van der Waals surface area contributed by atoms with Crippen molar-refractivity contribution in [1.82, 2.24) is 10.2 Å². The zero-order chi connectivity index (χ0) is 21.2. The number of hydrogen-bond donors (Lipinski definition) is 1. The number of nitrogens with one attached hydrogen (secondary N) is 1. The SMILES string of the molecule is CCC(=O)N(c1nnc(S[C@@H](C)C(=O)Nc2ccccc2C(F)(F)F)s1)C1CC1. The molecule has 0 bridgehead atoms. The molecule has 0 saturated heterocycles. The molecule has 1 aliphatic carbocycles. The number of nitrogens with zero attached hydrogens (tertiary/aromatic N) is 3. The molecule has 156 valence electrons. The van der Waals surface area contributed by atoms with Crippen LogP contribution in [0.3, 0.4) is 0 Å². The summed E-state index contributed by atoms with van der Waals surface area (Å²) in [6.45, 7) is 3.35. The van der Waals surface area contributed by atoms with Crippen molar-refractivity contribution in [1.29, 1.82) is 0 Å². The molecule has 0 unspecified atom stereocenters. The number of benzene rings is 1. The molecule has 1 heterocycles. The number of alkyl halides is 3. The molecule has 1 aromatic heterocycles. The molecule has 1 N–H and O–H groups in total. The van der Waals surface area contributed by atoms with Gasteiger partial charge in [0.15, 0.2) is 4.34 Å². The quantitative estimate of drug-likeness (QED) is 0.500. The average molecular weight is 445 g/mol. The fourth-order valence-corrected chi connectivity index (χ4v) is 4.67. The zero-order valence-electron chi connectivity index (χ0n) is 15.7. The lowest BCUT2D eigenvalue weighted by atomic mass is 10.1. The highest BCUT2D eigenvalue weighted by molar-refractivity contribution is 8.02. The van der Waals surface area contributed by atoms with Gasteiger partial charge >= 0.3 is 6.18 Å². The smallest absolute Gasteiger partial charge is 0.325 e. The summed E-state index contributed by atoms with van der Waals surface area (Å²) < 4.78 is 39.7. The van der Waals surface area contributed by atoms with E-state index in [1.54, 1.807) is 18.7 Å². The number of amides is 2. The minimum atomic E-state index is -4.56. The molecule has 6 nitrogen and oxygen atoms in total.